The third-order valence-corrected chi connectivity index (χ3v) is 2.42. The molecule has 0 aliphatic carbocycles. The molecule has 0 saturated heterocycles. The number of nitrogens with one attached hydrogen (secondary N) is 1. The van der Waals surface area contributed by atoms with Gasteiger partial charge in [-0.05, 0) is 13.0 Å². The van der Waals surface area contributed by atoms with Crippen LogP contribution in [0.15, 0.2) is 18.5 Å². The van der Waals surface area contributed by atoms with Gasteiger partial charge in [-0.1, -0.05) is 0 Å². The second-order valence-electron chi connectivity index (χ2n) is 4.32. The number of hydrogen-bond acceptors (Lipinski definition) is 3. The fraction of sp³-hybridized carbons (Fsp3) is 0.500. The molecule has 0 fully saturated rings. The number of alkyl halides is 3. The highest BCUT2D eigenvalue weighted by Gasteiger charge is 2.39. The van der Waals surface area contributed by atoms with Gasteiger partial charge in [0.15, 0.2) is 0 Å². The summed E-state index contributed by atoms with van der Waals surface area (Å²) in [6, 6.07) is 0.821. The first-order chi connectivity index (χ1) is 9.24. The van der Waals surface area contributed by atoms with Crippen molar-refractivity contribution in [3.8, 4) is 0 Å². The van der Waals surface area contributed by atoms with Crippen molar-refractivity contribution in [3.05, 3.63) is 24.0 Å². The van der Waals surface area contributed by atoms with E-state index in [4.69, 9.17) is 4.74 Å². The smallest absolute Gasteiger partial charge is 0.383 e. The third kappa shape index (κ3) is 4.69. The standard InChI is InChI=1S/C12H15F3N2O3/c1-8(7-20-2)16-10(18)6-17-4-3-9(5-17)11(19)12(13,14)15/h3-5,8H,6-7H2,1-2H3,(H,16,18). The zero-order valence-electron chi connectivity index (χ0n) is 11.0. The Labute approximate surface area is 113 Å². The Balaban J connectivity index is 2.60. The largest absolute Gasteiger partial charge is 0.454 e. The Hall–Kier alpha value is -1.83. The van der Waals surface area contributed by atoms with Crippen LogP contribution in [-0.4, -0.2) is 42.2 Å². The van der Waals surface area contributed by atoms with Gasteiger partial charge in [-0.25, -0.2) is 0 Å². The summed E-state index contributed by atoms with van der Waals surface area (Å²) in [5.74, 6) is -2.31. The van der Waals surface area contributed by atoms with Crippen molar-refractivity contribution in [2.75, 3.05) is 13.7 Å². The van der Waals surface area contributed by atoms with Crippen molar-refractivity contribution in [1.29, 1.82) is 0 Å². The van der Waals surface area contributed by atoms with Crippen LogP contribution < -0.4 is 5.32 Å². The van der Waals surface area contributed by atoms with Crippen LogP contribution in [0.3, 0.4) is 0 Å². The fourth-order valence-corrected chi connectivity index (χ4v) is 1.62. The van der Waals surface area contributed by atoms with E-state index in [0.717, 1.165) is 12.3 Å². The van der Waals surface area contributed by atoms with E-state index >= 15 is 0 Å². The molecule has 1 atom stereocenters. The highest BCUT2D eigenvalue weighted by molar-refractivity contribution is 6.00. The molecule has 0 aliphatic rings. The zero-order valence-corrected chi connectivity index (χ0v) is 11.0. The van der Waals surface area contributed by atoms with Crippen molar-refractivity contribution in [2.45, 2.75) is 25.7 Å². The van der Waals surface area contributed by atoms with Crippen LogP contribution in [0.5, 0.6) is 0 Å². The predicted molar refractivity (Wildman–Crippen MR) is 64.3 cm³/mol. The van der Waals surface area contributed by atoms with Gasteiger partial charge < -0.3 is 14.6 Å². The highest BCUT2D eigenvalue weighted by Crippen LogP contribution is 2.21. The molecule has 1 rings (SSSR count). The quantitative estimate of drug-likeness (QED) is 0.806. The first-order valence-corrected chi connectivity index (χ1v) is 5.79. The molecule has 112 valence electrons. The highest BCUT2D eigenvalue weighted by atomic mass is 19.4. The van der Waals surface area contributed by atoms with Gasteiger partial charge in [0.25, 0.3) is 5.78 Å². The van der Waals surface area contributed by atoms with Gasteiger partial charge in [0.05, 0.1) is 6.61 Å². The van der Waals surface area contributed by atoms with Crippen molar-refractivity contribution < 1.29 is 27.5 Å². The van der Waals surface area contributed by atoms with Crippen LogP contribution in [0.2, 0.25) is 0 Å². The number of ether oxygens (including phenoxy) is 1. The van der Waals surface area contributed by atoms with E-state index in [-0.39, 0.29) is 18.5 Å². The lowest BCUT2D eigenvalue weighted by molar-refractivity contribution is -0.122. The summed E-state index contributed by atoms with van der Waals surface area (Å²) in [5, 5.41) is 2.61. The molecule has 1 unspecified atom stereocenters. The minimum atomic E-state index is -4.92. The molecule has 1 N–H and O–H groups in total. The number of aromatic nitrogens is 1. The van der Waals surface area contributed by atoms with Crippen LogP contribution >= 0.6 is 0 Å². The monoisotopic (exact) mass is 292 g/mol. The zero-order chi connectivity index (χ0) is 15.3. The van der Waals surface area contributed by atoms with Crippen molar-refractivity contribution in [2.24, 2.45) is 0 Å². The van der Waals surface area contributed by atoms with E-state index in [1.807, 2.05) is 0 Å². The molecule has 0 radical (unpaired) electrons. The topological polar surface area (TPSA) is 60.3 Å². The maximum atomic E-state index is 12.2. The number of hydrogen-bond donors (Lipinski definition) is 1. The first kappa shape index (κ1) is 16.2. The van der Waals surface area contributed by atoms with E-state index in [9.17, 15) is 22.8 Å². The molecule has 1 amide bonds. The molecule has 0 bridgehead atoms. The lowest BCUT2D eigenvalue weighted by Crippen LogP contribution is -2.37. The molecule has 1 heterocycles. The molecular formula is C12H15F3N2O3. The average molecular weight is 292 g/mol. The second kappa shape index (κ2) is 6.56. The first-order valence-electron chi connectivity index (χ1n) is 5.79. The molecule has 1 aromatic rings. The molecule has 1 aromatic heterocycles. The Morgan fingerprint density at radius 1 is 1.45 bits per heavy atom. The Morgan fingerprint density at radius 2 is 2.10 bits per heavy atom. The summed E-state index contributed by atoms with van der Waals surface area (Å²) in [6.07, 6.45) is -2.67. The maximum Gasteiger partial charge on any atom is 0.454 e. The van der Waals surface area contributed by atoms with Gasteiger partial charge in [0.1, 0.15) is 6.54 Å². The summed E-state index contributed by atoms with van der Waals surface area (Å²) in [4.78, 5) is 22.6. The van der Waals surface area contributed by atoms with Crippen LogP contribution in [-0.2, 0) is 16.1 Å². The van der Waals surface area contributed by atoms with Crippen LogP contribution in [0.4, 0.5) is 13.2 Å². The maximum absolute atomic E-state index is 12.2. The van der Waals surface area contributed by atoms with Crippen molar-refractivity contribution in [1.82, 2.24) is 9.88 Å². The summed E-state index contributed by atoms with van der Waals surface area (Å²) in [5.41, 5.74) is -0.491. The summed E-state index contributed by atoms with van der Waals surface area (Å²) in [7, 11) is 1.49. The Morgan fingerprint density at radius 3 is 2.65 bits per heavy atom. The third-order valence-electron chi connectivity index (χ3n) is 2.42. The van der Waals surface area contributed by atoms with Gasteiger partial charge in [-0.3, -0.25) is 9.59 Å². The van der Waals surface area contributed by atoms with E-state index in [1.165, 1.54) is 17.9 Å². The van der Waals surface area contributed by atoms with Gasteiger partial charge in [-0.2, -0.15) is 13.2 Å². The molecule has 5 nitrogen and oxygen atoms in total. The lowest BCUT2D eigenvalue weighted by Gasteiger charge is -2.12. The number of methoxy groups -OCH3 is 1. The summed E-state index contributed by atoms with van der Waals surface area (Å²) in [6.45, 7) is 1.89. The average Bonchev–Trinajstić information content (AvgIpc) is 2.74. The molecule has 0 aromatic carbocycles. The SMILES string of the molecule is COCC(C)NC(=O)Cn1ccc(C(=O)C(F)(F)F)c1. The number of rotatable bonds is 6. The predicted octanol–water partition coefficient (Wildman–Crippen LogP) is 1.38. The minimum Gasteiger partial charge on any atom is -0.383 e. The number of halogens is 3. The number of Topliss-reactive ketones (excluding diaryl/α,β-unsaturated/α-hetero) is 1. The van der Waals surface area contributed by atoms with Crippen LogP contribution in [0, 0.1) is 0 Å². The van der Waals surface area contributed by atoms with Gasteiger partial charge in [0, 0.05) is 31.1 Å². The molecule has 0 saturated carbocycles. The molecule has 20 heavy (non-hydrogen) atoms. The molecule has 0 spiro atoms. The number of carbonyl (C=O) groups excluding carboxylic acids is 2. The summed E-state index contributed by atoms with van der Waals surface area (Å²) < 4.78 is 42.7. The van der Waals surface area contributed by atoms with Crippen LogP contribution in [0.25, 0.3) is 0 Å². The van der Waals surface area contributed by atoms with Gasteiger partial charge in [0.2, 0.25) is 5.91 Å². The molecular weight excluding hydrogens is 277 g/mol. The summed E-state index contributed by atoms with van der Waals surface area (Å²) >= 11 is 0. The van der Waals surface area contributed by atoms with Crippen molar-refractivity contribution >= 4 is 11.7 Å². The Bertz CT molecular complexity index is 483. The molecule has 0 aliphatic heterocycles. The van der Waals surface area contributed by atoms with E-state index in [0.29, 0.717) is 6.61 Å². The number of ketones is 1. The van der Waals surface area contributed by atoms with E-state index in [1.54, 1.807) is 6.92 Å². The van der Waals surface area contributed by atoms with E-state index < -0.39 is 17.5 Å². The number of carbonyl (C=O) groups is 2. The van der Waals surface area contributed by atoms with Gasteiger partial charge >= 0.3 is 6.18 Å². The number of amides is 1. The van der Waals surface area contributed by atoms with Crippen molar-refractivity contribution in [3.63, 3.8) is 0 Å². The Kier molecular flexibility index (Phi) is 5.32. The van der Waals surface area contributed by atoms with Crippen LogP contribution in [0.1, 0.15) is 17.3 Å². The fourth-order valence-electron chi connectivity index (χ4n) is 1.62. The second-order valence-corrected chi connectivity index (χ2v) is 4.32. The lowest BCUT2D eigenvalue weighted by atomic mass is 10.2. The van der Waals surface area contributed by atoms with Gasteiger partial charge in [-0.15, -0.1) is 0 Å². The minimum absolute atomic E-state index is 0.167. The normalized spacial score (nSPS) is 13.1. The van der Waals surface area contributed by atoms with E-state index in [2.05, 4.69) is 5.32 Å². The number of nitrogens with zero attached hydrogens (tertiary/aromatic N) is 1. The molecule has 8 heteroatoms.